The SMILES string of the molecule is Nc1nc2c(ncn2[C@@H]2O[C@@]3(CO)COC3C2OP(=O)(O)OC[C@H]2O[C@@H](n3cnc4c(N)ncnc43)C(O)C2O)c(=O)[nH]1. The van der Waals surface area contributed by atoms with Crippen LogP contribution in [0.2, 0.25) is 0 Å². The summed E-state index contributed by atoms with van der Waals surface area (Å²) < 4.78 is 43.7. The van der Waals surface area contributed by atoms with Crippen molar-refractivity contribution in [3.05, 3.63) is 29.3 Å². The number of aromatic nitrogens is 8. The minimum absolute atomic E-state index is 0.00973. The summed E-state index contributed by atoms with van der Waals surface area (Å²) in [4.78, 5) is 45.4. The lowest BCUT2D eigenvalue weighted by atomic mass is 9.91. The van der Waals surface area contributed by atoms with Gasteiger partial charge in [0.05, 0.1) is 32.5 Å². The second-order valence-corrected chi connectivity index (χ2v) is 11.6. The summed E-state index contributed by atoms with van der Waals surface area (Å²) in [7, 11) is -4.97. The first kappa shape index (κ1) is 28.2. The normalized spacial score (nSPS) is 33.5. The zero-order valence-electron chi connectivity index (χ0n) is 21.8. The standard InChI is InChI=1S/C21H25N10O11P/c22-14-8-15(25-4-24-14)30(5-26-8)18-11(34)10(33)7(40-18)1-39-43(36,37)42-12-13-21(2-32,3-38-13)41-19(12)31-6-27-9-16(31)28-20(23)29-17(9)35/h4-7,10-13,18-19,32-34H,1-3H2,(H,36,37)(H2,22,24,25)(H3,23,28,29,35)/t7-,10?,11?,12?,13?,18-,19-,21+/m1/s1. The highest BCUT2D eigenvalue weighted by molar-refractivity contribution is 7.47. The van der Waals surface area contributed by atoms with E-state index in [4.69, 9.17) is 34.7 Å². The van der Waals surface area contributed by atoms with E-state index in [-0.39, 0.29) is 40.7 Å². The van der Waals surface area contributed by atoms with Crippen molar-refractivity contribution in [2.75, 3.05) is 31.3 Å². The summed E-state index contributed by atoms with van der Waals surface area (Å²) >= 11 is 0. The molecule has 4 aromatic rings. The van der Waals surface area contributed by atoms with Gasteiger partial charge in [0.1, 0.15) is 48.0 Å². The Morgan fingerprint density at radius 2 is 1.84 bits per heavy atom. The number of H-pyrrole nitrogens is 1. The molecule has 3 aliphatic heterocycles. The van der Waals surface area contributed by atoms with Crippen LogP contribution in [0.5, 0.6) is 0 Å². The molecule has 43 heavy (non-hydrogen) atoms. The molecule has 230 valence electrons. The molecule has 0 aromatic carbocycles. The molecule has 9 atom stereocenters. The maximum atomic E-state index is 13.2. The van der Waals surface area contributed by atoms with Gasteiger partial charge in [-0.1, -0.05) is 0 Å². The largest absolute Gasteiger partial charge is 0.472 e. The molecule has 9 N–H and O–H groups in total. The van der Waals surface area contributed by atoms with E-state index in [9.17, 15) is 29.6 Å². The number of nitrogen functional groups attached to an aromatic ring is 2. The number of rotatable bonds is 8. The van der Waals surface area contributed by atoms with Crippen LogP contribution in [-0.4, -0.2) is 115 Å². The fourth-order valence-corrected chi connectivity index (χ4v) is 6.37. The Morgan fingerprint density at radius 3 is 2.56 bits per heavy atom. The summed E-state index contributed by atoms with van der Waals surface area (Å²) in [6.45, 7) is -1.26. The van der Waals surface area contributed by atoms with E-state index in [1.807, 2.05) is 0 Å². The maximum Gasteiger partial charge on any atom is 0.472 e. The van der Waals surface area contributed by atoms with E-state index >= 15 is 0 Å². The number of fused-ring (bicyclic) bond motifs is 3. The van der Waals surface area contributed by atoms with Gasteiger partial charge >= 0.3 is 7.82 Å². The Balaban J connectivity index is 1.10. The van der Waals surface area contributed by atoms with E-state index in [0.29, 0.717) is 0 Å². The quantitative estimate of drug-likeness (QED) is 0.0955. The van der Waals surface area contributed by atoms with E-state index in [1.165, 1.54) is 28.1 Å². The Kier molecular flexibility index (Phi) is 6.52. The van der Waals surface area contributed by atoms with Crippen molar-refractivity contribution in [1.29, 1.82) is 0 Å². The highest BCUT2D eigenvalue weighted by Gasteiger charge is 2.65. The lowest BCUT2D eigenvalue weighted by molar-refractivity contribution is -0.245. The molecule has 21 nitrogen and oxygen atoms in total. The number of imidazole rings is 2. The van der Waals surface area contributed by atoms with Crippen LogP contribution in [-0.2, 0) is 27.8 Å². The zero-order valence-corrected chi connectivity index (χ0v) is 22.7. The molecule has 7 heterocycles. The number of nitrogens with zero attached hydrogens (tertiary/aromatic N) is 7. The van der Waals surface area contributed by atoms with Crippen molar-refractivity contribution < 1.29 is 48.0 Å². The topological polar surface area (TPSA) is 303 Å². The Labute approximate surface area is 238 Å². The maximum absolute atomic E-state index is 13.2. The van der Waals surface area contributed by atoms with Crippen molar-refractivity contribution in [2.24, 2.45) is 0 Å². The molecule has 0 aliphatic carbocycles. The molecule has 0 spiro atoms. The van der Waals surface area contributed by atoms with E-state index in [0.717, 1.165) is 0 Å². The third-order valence-corrected chi connectivity index (χ3v) is 8.59. The van der Waals surface area contributed by atoms with Gasteiger partial charge in [0.2, 0.25) is 5.95 Å². The molecule has 3 fully saturated rings. The third-order valence-electron chi connectivity index (χ3n) is 7.61. The summed E-state index contributed by atoms with van der Waals surface area (Å²) in [6, 6.07) is 0. The number of aliphatic hydroxyl groups is 3. The van der Waals surface area contributed by atoms with Crippen LogP contribution < -0.4 is 17.0 Å². The molecule has 0 amide bonds. The number of aliphatic hydroxyl groups excluding tert-OH is 3. The highest BCUT2D eigenvalue weighted by atomic mass is 31.2. The van der Waals surface area contributed by atoms with Gasteiger partial charge in [-0.05, 0) is 0 Å². The van der Waals surface area contributed by atoms with Gasteiger partial charge in [0, 0.05) is 0 Å². The van der Waals surface area contributed by atoms with Gasteiger partial charge in [0.25, 0.3) is 5.56 Å². The molecule has 3 aliphatic rings. The second-order valence-electron chi connectivity index (χ2n) is 10.2. The lowest BCUT2D eigenvalue weighted by Crippen LogP contribution is -2.61. The van der Waals surface area contributed by atoms with Crippen LogP contribution in [0.25, 0.3) is 22.3 Å². The average molecular weight is 624 g/mol. The minimum atomic E-state index is -4.97. The minimum Gasteiger partial charge on any atom is -0.393 e. The van der Waals surface area contributed by atoms with Crippen LogP contribution >= 0.6 is 7.82 Å². The summed E-state index contributed by atoms with van der Waals surface area (Å²) in [5, 5.41) is 31.3. The zero-order chi connectivity index (χ0) is 30.3. The van der Waals surface area contributed by atoms with Crippen LogP contribution in [0.3, 0.4) is 0 Å². The Hall–Kier alpha value is -3.63. The van der Waals surface area contributed by atoms with Crippen LogP contribution in [0.15, 0.2) is 23.8 Å². The first-order chi connectivity index (χ1) is 20.5. The molecule has 5 unspecified atom stereocenters. The van der Waals surface area contributed by atoms with Gasteiger partial charge in [-0.15, -0.1) is 0 Å². The van der Waals surface area contributed by atoms with Crippen molar-refractivity contribution in [2.45, 2.75) is 48.6 Å². The number of hydrogen-bond donors (Lipinski definition) is 7. The van der Waals surface area contributed by atoms with Crippen molar-refractivity contribution in [3.63, 3.8) is 0 Å². The molecule has 0 saturated carbocycles. The molecule has 7 rings (SSSR count). The number of hydrogen-bond acceptors (Lipinski definition) is 17. The summed E-state index contributed by atoms with van der Waals surface area (Å²) in [5.74, 6) is -0.114. The summed E-state index contributed by atoms with van der Waals surface area (Å²) in [6.07, 6.45) is -5.49. The third kappa shape index (κ3) is 4.40. The highest BCUT2D eigenvalue weighted by Crippen LogP contribution is 2.54. The first-order valence-electron chi connectivity index (χ1n) is 12.7. The smallest absolute Gasteiger partial charge is 0.393 e. The molecule has 0 bridgehead atoms. The second kappa shape index (κ2) is 9.95. The van der Waals surface area contributed by atoms with Gasteiger partial charge < -0.3 is 45.9 Å². The van der Waals surface area contributed by atoms with E-state index in [1.54, 1.807) is 0 Å². The number of nitrogens with two attached hydrogens (primary N) is 2. The van der Waals surface area contributed by atoms with Crippen molar-refractivity contribution in [3.8, 4) is 0 Å². The van der Waals surface area contributed by atoms with Gasteiger partial charge in [-0.3, -0.25) is 28.0 Å². The number of aromatic amines is 1. The molecule has 0 radical (unpaired) electrons. The molecule has 22 heteroatoms. The average Bonchev–Trinajstić information content (AvgIpc) is 3.68. The number of ether oxygens (including phenoxy) is 3. The first-order valence-corrected chi connectivity index (χ1v) is 14.2. The summed E-state index contributed by atoms with van der Waals surface area (Å²) in [5.41, 5.74) is 9.96. The molecular formula is C21H25N10O11P. The van der Waals surface area contributed by atoms with Crippen molar-refractivity contribution >= 4 is 41.9 Å². The van der Waals surface area contributed by atoms with E-state index < -0.39 is 75.2 Å². The number of anilines is 2. The van der Waals surface area contributed by atoms with Gasteiger partial charge in [-0.25, -0.2) is 24.5 Å². The predicted octanol–water partition coefficient (Wildman–Crippen LogP) is -3.10. The molecular weight excluding hydrogens is 599 g/mol. The molecule has 3 saturated heterocycles. The Morgan fingerprint density at radius 1 is 1.09 bits per heavy atom. The molecule has 4 aromatic heterocycles. The monoisotopic (exact) mass is 624 g/mol. The van der Waals surface area contributed by atoms with Crippen LogP contribution in [0.4, 0.5) is 11.8 Å². The van der Waals surface area contributed by atoms with Gasteiger partial charge in [-0.2, -0.15) is 4.98 Å². The number of phosphoric acid groups is 1. The van der Waals surface area contributed by atoms with Crippen molar-refractivity contribution in [1.82, 2.24) is 39.0 Å². The van der Waals surface area contributed by atoms with Gasteiger partial charge in [0.15, 0.2) is 35.1 Å². The fraction of sp³-hybridized carbons (Fsp3) is 0.524. The van der Waals surface area contributed by atoms with E-state index in [2.05, 4.69) is 29.9 Å². The van der Waals surface area contributed by atoms with Crippen LogP contribution in [0.1, 0.15) is 12.5 Å². The number of nitrogens with one attached hydrogen (secondary N) is 1. The van der Waals surface area contributed by atoms with Crippen LogP contribution in [0, 0.1) is 0 Å². The lowest BCUT2D eigenvalue weighted by Gasteiger charge is -2.42. The fourth-order valence-electron chi connectivity index (χ4n) is 5.45. The predicted molar refractivity (Wildman–Crippen MR) is 139 cm³/mol. The number of phosphoric ester groups is 1. The Bertz CT molecular complexity index is 1810.